The predicted octanol–water partition coefficient (Wildman–Crippen LogP) is -2.09. The third kappa shape index (κ3) is 8.71. The van der Waals surface area contributed by atoms with Crippen LogP contribution in [0.2, 0.25) is 0 Å². The molecule has 1 amide bonds. The van der Waals surface area contributed by atoms with E-state index in [1.807, 2.05) is 0 Å². The van der Waals surface area contributed by atoms with Gasteiger partial charge in [-0.1, -0.05) is 0 Å². The molecule has 0 unspecified atom stereocenters. The summed E-state index contributed by atoms with van der Waals surface area (Å²) in [5, 5.41) is 7.02. The van der Waals surface area contributed by atoms with Gasteiger partial charge in [0.05, 0.1) is 6.54 Å². The van der Waals surface area contributed by atoms with Crippen LogP contribution in [0.4, 0.5) is 0 Å². The minimum absolute atomic E-state index is 0.348. The van der Waals surface area contributed by atoms with Gasteiger partial charge in [-0.25, -0.2) is 0 Å². The Balaban J connectivity index is 4.93. The maximum Gasteiger partial charge on any atom is 0.344 e. The van der Waals surface area contributed by atoms with Crippen molar-refractivity contribution in [3.63, 3.8) is 0 Å². The van der Waals surface area contributed by atoms with Crippen LogP contribution in [0, 0.1) is 5.41 Å². The average Bonchev–Trinajstić information content (AvgIpc) is 2.11. The number of guanidine groups is 1. The third-order valence-electron chi connectivity index (χ3n) is 1.85. The van der Waals surface area contributed by atoms with Crippen molar-refractivity contribution in [3.05, 3.63) is 0 Å². The zero-order valence-electron chi connectivity index (χ0n) is 10.0. The molecule has 0 rings (SSSR count). The molecule has 11 nitrogen and oxygen atoms in total. The van der Waals surface area contributed by atoms with E-state index in [1.165, 1.54) is 7.05 Å². The lowest BCUT2D eigenvalue weighted by Gasteiger charge is -2.25. The standard InChI is InChI=1S/C6H16N4O7P2/c1-9(6(7)8)2-5(11)10(3-18(12,13)14)4-19(15,16)17/h2-4H2,1H3,(H3,7,8)(H2,12,13,14)(H2,15,16,17). The fraction of sp³-hybridized carbons (Fsp3) is 0.667. The number of nitrogens with two attached hydrogens (primary N) is 1. The second kappa shape index (κ2) is 6.47. The zero-order chi connectivity index (χ0) is 15.4. The van der Waals surface area contributed by atoms with E-state index in [4.69, 9.17) is 30.7 Å². The summed E-state index contributed by atoms with van der Waals surface area (Å²) in [5.41, 5.74) is 5.07. The van der Waals surface area contributed by atoms with Crippen LogP contribution in [-0.4, -0.2) is 67.4 Å². The monoisotopic (exact) mass is 318 g/mol. The molecule has 0 aliphatic heterocycles. The van der Waals surface area contributed by atoms with Crippen LogP contribution in [0.3, 0.4) is 0 Å². The largest absolute Gasteiger partial charge is 0.370 e. The highest BCUT2D eigenvalue weighted by atomic mass is 31.2. The Morgan fingerprint density at radius 1 is 1.16 bits per heavy atom. The Labute approximate surface area is 108 Å². The Hall–Kier alpha value is -0.960. The van der Waals surface area contributed by atoms with Crippen molar-refractivity contribution in [2.24, 2.45) is 5.73 Å². The van der Waals surface area contributed by atoms with Crippen molar-refractivity contribution >= 4 is 27.1 Å². The highest BCUT2D eigenvalue weighted by Crippen LogP contribution is 2.40. The lowest BCUT2D eigenvalue weighted by atomic mass is 10.5. The maximum absolute atomic E-state index is 11.7. The highest BCUT2D eigenvalue weighted by Gasteiger charge is 2.29. The summed E-state index contributed by atoms with van der Waals surface area (Å²) in [5.74, 6) is -1.44. The van der Waals surface area contributed by atoms with Crippen LogP contribution in [0.25, 0.3) is 0 Å². The van der Waals surface area contributed by atoms with Gasteiger partial charge in [0.25, 0.3) is 0 Å². The van der Waals surface area contributed by atoms with E-state index in [0.717, 1.165) is 4.90 Å². The first-order valence-electron chi connectivity index (χ1n) is 4.74. The minimum Gasteiger partial charge on any atom is -0.370 e. The van der Waals surface area contributed by atoms with E-state index in [9.17, 15) is 13.9 Å². The van der Waals surface area contributed by atoms with E-state index >= 15 is 0 Å². The number of hydrogen-bond acceptors (Lipinski definition) is 4. The Bertz CT molecular complexity index is 419. The molecule has 7 N–H and O–H groups in total. The van der Waals surface area contributed by atoms with Gasteiger partial charge >= 0.3 is 15.2 Å². The summed E-state index contributed by atoms with van der Waals surface area (Å²) in [6.07, 6.45) is -2.24. The molecular formula is C6H16N4O7P2. The molecule has 0 radical (unpaired) electrons. The molecule has 13 heteroatoms. The first kappa shape index (κ1) is 18.0. The molecule has 0 atom stereocenters. The lowest BCUT2D eigenvalue weighted by Crippen LogP contribution is -2.43. The normalized spacial score (nSPS) is 12.1. The van der Waals surface area contributed by atoms with E-state index in [-0.39, 0.29) is 0 Å². The van der Waals surface area contributed by atoms with Gasteiger partial charge in [-0.05, 0) is 0 Å². The van der Waals surface area contributed by atoms with E-state index < -0.39 is 46.2 Å². The van der Waals surface area contributed by atoms with Crippen LogP contribution in [0.15, 0.2) is 0 Å². The van der Waals surface area contributed by atoms with Crippen molar-refractivity contribution < 1.29 is 33.5 Å². The van der Waals surface area contributed by atoms with Crippen LogP contribution < -0.4 is 5.73 Å². The van der Waals surface area contributed by atoms with Crippen molar-refractivity contribution in [3.8, 4) is 0 Å². The fourth-order valence-corrected chi connectivity index (χ4v) is 2.60. The van der Waals surface area contributed by atoms with Crippen LogP contribution in [0.1, 0.15) is 0 Å². The molecule has 112 valence electrons. The fourth-order valence-electron chi connectivity index (χ4n) is 1.04. The molecule has 0 aromatic heterocycles. The topological polar surface area (TPSA) is 188 Å². The summed E-state index contributed by atoms with van der Waals surface area (Å²) in [7, 11) is -8.07. The third-order valence-corrected chi connectivity index (χ3v) is 3.27. The van der Waals surface area contributed by atoms with Gasteiger partial charge in [-0.15, -0.1) is 0 Å². The Morgan fingerprint density at radius 3 is 1.79 bits per heavy atom. The van der Waals surface area contributed by atoms with Crippen molar-refractivity contribution in [1.29, 1.82) is 5.41 Å². The molecule has 19 heavy (non-hydrogen) atoms. The van der Waals surface area contributed by atoms with Crippen molar-refractivity contribution in [1.82, 2.24) is 9.80 Å². The second-order valence-electron chi connectivity index (χ2n) is 3.79. The predicted molar refractivity (Wildman–Crippen MR) is 65.2 cm³/mol. The molecule has 0 aliphatic rings. The van der Waals surface area contributed by atoms with Crippen LogP contribution in [0.5, 0.6) is 0 Å². The van der Waals surface area contributed by atoms with E-state index in [2.05, 4.69) is 0 Å². The Kier molecular flexibility index (Phi) is 6.14. The molecular weight excluding hydrogens is 302 g/mol. The number of carbonyl (C=O) groups excluding carboxylic acids is 1. The number of amides is 1. The van der Waals surface area contributed by atoms with Gasteiger partial charge in [0, 0.05) is 7.05 Å². The smallest absolute Gasteiger partial charge is 0.344 e. The van der Waals surface area contributed by atoms with Gasteiger partial charge in [-0.3, -0.25) is 19.3 Å². The van der Waals surface area contributed by atoms with E-state index in [1.54, 1.807) is 0 Å². The first-order chi connectivity index (χ1) is 8.32. The number of rotatable bonds is 6. The summed E-state index contributed by atoms with van der Waals surface area (Å²) >= 11 is 0. The lowest BCUT2D eigenvalue weighted by molar-refractivity contribution is -0.130. The molecule has 0 saturated carbocycles. The summed E-state index contributed by atoms with van der Waals surface area (Å²) in [4.78, 5) is 48.0. The van der Waals surface area contributed by atoms with Gasteiger partial charge in [-0.2, -0.15) is 0 Å². The summed E-state index contributed by atoms with van der Waals surface area (Å²) < 4.78 is 21.6. The minimum atomic E-state index is -4.67. The average molecular weight is 318 g/mol. The maximum atomic E-state index is 11.7. The van der Waals surface area contributed by atoms with Crippen LogP contribution >= 0.6 is 15.2 Å². The molecule has 0 aromatic carbocycles. The number of carbonyl (C=O) groups is 1. The zero-order valence-corrected chi connectivity index (χ0v) is 11.8. The number of hydrogen-bond donors (Lipinski definition) is 6. The second-order valence-corrected chi connectivity index (χ2v) is 7.01. The Morgan fingerprint density at radius 2 is 1.53 bits per heavy atom. The van der Waals surface area contributed by atoms with Gasteiger partial charge in [0.15, 0.2) is 5.96 Å². The molecule has 0 saturated heterocycles. The quantitative estimate of drug-likeness (QED) is 0.181. The SMILES string of the molecule is CN(CC(=O)N(CP(=O)(O)O)CP(=O)(O)O)C(=N)N. The highest BCUT2D eigenvalue weighted by molar-refractivity contribution is 7.52. The number of likely N-dealkylation sites (N-methyl/N-ethyl adjacent to an activating group) is 1. The summed E-state index contributed by atoms with van der Waals surface area (Å²) in [6, 6.07) is 0. The molecule has 0 bridgehead atoms. The molecule has 0 spiro atoms. The number of nitrogens with zero attached hydrogens (tertiary/aromatic N) is 2. The first-order valence-corrected chi connectivity index (χ1v) is 8.33. The van der Waals surface area contributed by atoms with E-state index in [0.29, 0.717) is 4.90 Å². The van der Waals surface area contributed by atoms with Gasteiger partial charge in [0.2, 0.25) is 5.91 Å². The van der Waals surface area contributed by atoms with Gasteiger partial charge in [0.1, 0.15) is 12.6 Å². The van der Waals surface area contributed by atoms with Crippen molar-refractivity contribution in [2.45, 2.75) is 0 Å². The number of nitrogens with one attached hydrogen (secondary N) is 1. The molecule has 0 aromatic rings. The molecule has 0 heterocycles. The van der Waals surface area contributed by atoms with Gasteiger partial charge < -0.3 is 35.1 Å². The molecule has 0 aliphatic carbocycles. The summed E-state index contributed by atoms with van der Waals surface area (Å²) in [6.45, 7) is -0.532. The molecule has 0 fully saturated rings. The van der Waals surface area contributed by atoms with Crippen molar-refractivity contribution in [2.75, 3.05) is 26.2 Å². The van der Waals surface area contributed by atoms with Crippen LogP contribution in [-0.2, 0) is 13.9 Å².